The Bertz CT molecular complexity index is 584. The van der Waals surface area contributed by atoms with E-state index in [1.54, 1.807) is 12.1 Å². The van der Waals surface area contributed by atoms with Crippen LogP contribution in [0.1, 0.15) is 11.1 Å². The second-order valence-electron chi connectivity index (χ2n) is 5.38. The molecule has 1 amide bonds. The highest BCUT2D eigenvalue weighted by molar-refractivity contribution is 5.77. The number of amides is 1. The van der Waals surface area contributed by atoms with Gasteiger partial charge in [-0.3, -0.25) is 9.69 Å². The van der Waals surface area contributed by atoms with Gasteiger partial charge in [0.25, 0.3) is 0 Å². The van der Waals surface area contributed by atoms with E-state index in [1.165, 1.54) is 17.7 Å². The van der Waals surface area contributed by atoms with Gasteiger partial charge in [-0.05, 0) is 36.7 Å². The fraction of sp³-hybridized carbons (Fsp3) is 0.278. The maximum Gasteiger partial charge on any atom is 0.234 e. The number of benzene rings is 2. The number of rotatable bonds is 7. The maximum atomic E-state index is 12.8. The van der Waals surface area contributed by atoms with E-state index in [0.29, 0.717) is 19.6 Å². The Labute approximate surface area is 130 Å². The summed E-state index contributed by atoms with van der Waals surface area (Å²) in [7, 11) is 1.88. The van der Waals surface area contributed by atoms with Crippen molar-refractivity contribution in [2.75, 3.05) is 20.1 Å². The molecule has 0 saturated heterocycles. The molecule has 0 saturated carbocycles. The van der Waals surface area contributed by atoms with Crippen molar-refractivity contribution < 1.29 is 9.18 Å². The number of carbonyl (C=O) groups is 1. The van der Waals surface area contributed by atoms with Gasteiger partial charge in [0.2, 0.25) is 5.91 Å². The summed E-state index contributed by atoms with van der Waals surface area (Å²) < 4.78 is 12.8. The standard InChI is InChI=1S/C18H21FN2O/c1-21(13-16-7-9-17(19)10-8-16)14-18(22)20-12-11-15-5-3-2-4-6-15/h2-10H,11-14H2,1H3,(H,20,22). The third-order valence-electron chi connectivity index (χ3n) is 3.36. The quantitative estimate of drug-likeness (QED) is 0.852. The molecule has 116 valence electrons. The molecule has 0 fully saturated rings. The molecule has 0 bridgehead atoms. The molecular formula is C18H21FN2O. The van der Waals surface area contributed by atoms with E-state index in [1.807, 2.05) is 42.3 Å². The summed E-state index contributed by atoms with van der Waals surface area (Å²) in [5.41, 5.74) is 2.20. The Morgan fingerprint density at radius 1 is 1.05 bits per heavy atom. The lowest BCUT2D eigenvalue weighted by Gasteiger charge is -2.16. The van der Waals surface area contributed by atoms with Gasteiger partial charge in [-0.15, -0.1) is 0 Å². The number of hydrogen-bond acceptors (Lipinski definition) is 2. The average Bonchev–Trinajstić information content (AvgIpc) is 2.50. The lowest BCUT2D eigenvalue weighted by Crippen LogP contribution is -2.35. The number of carbonyl (C=O) groups excluding carboxylic acids is 1. The van der Waals surface area contributed by atoms with Crippen molar-refractivity contribution in [3.63, 3.8) is 0 Å². The molecule has 0 aliphatic heterocycles. The van der Waals surface area contributed by atoms with Crippen molar-refractivity contribution in [1.82, 2.24) is 10.2 Å². The van der Waals surface area contributed by atoms with Crippen LogP contribution in [0.2, 0.25) is 0 Å². The van der Waals surface area contributed by atoms with E-state index in [9.17, 15) is 9.18 Å². The summed E-state index contributed by atoms with van der Waals surface area (Å²) in [5, 5.41) is 2.92. The van der Waals surface area contributed by atoms with Crippen LogP contribution < -0.4 is 5.32 Å². The number of nitrogens with one attached hydrogen (secondary N) is 1. The van der Waals surface area contributed by atoms with Crippen LogP contribution in [0, 0.1) is 5.82 Å². The first-order chi connectivity index (χ1) is 10.6. The molecule has 0 aliphatic carbocycles. The topological polar surface area (TPSA) is 32.3 Å². The van der Waals surface area contributed by atoms with Gasteiger partial charge in [0, 0.05) is 13.1 Å². The van der Waals surface area contributed by atoms with Gasteiger partial charge >= 0.3 is 0 Å². The molecule has 0 aliphatic rings. The molecule has 0 atom stereocenters. The van der Waals surface area contributed by atoms with E-state index in [0.717, 1.165) is 12.0 Å². The third kappa shape index (κ3) is 5.66. The van der Waals surface area contributed by atoms with Crippen molar-refractivity contribution in [3.05, 3.63) is 71.5 Å². The molecule has 0 radical (unpaired) electrons. The van der Waals surface area contributed by atoms with E-state index in [2.05, 4.69) is 5.32 Å². The maximum absolute atomic E-state index is 12.8. The van der Waals surface area contributed by atoms with E-state index in [4.69, 9.17) is 0 Å². The summed E-state index contributed by atoms with van der Waals surface area (Å²) in [5.74, 6) is -0.245. The van der Waals surface area contributed by atoms with Crippen LogP contribution in [0.25, 0.3) is 0 Å². The predicted molar refractivity (Wildman–Crippen MR) is 85.9 cm³/mol. The Kier molecular flexibility index (Phi) is 6.10. The minimum Gasteiger partial charge on any atom is -0.355 e. The zero-order valence-electron chi connectivity index (χ0n) is 12.8. The lowest BCUT2D eigenvalue weighted by molar-refractivity contribution is -0.122. The normalized spacial score (nSPS) is 10.7. The smallest absolute Gasteiger partial charge is 0.234 e. The Morgan fingerprint density at radius 2 is 1.73 bits per heavy atom. The van der Waals surface area contributed by atoms with Crippen molar-refractivity contribution in [2.24, 2.45) is 0 Å². The van der Waals surface area contributed by atoms with Gasteiger partial charge in [-0.2, -0.15) is 0 Å². The monoisotopic (exact) mass is 300 g/mol. The fourth-order valence-electron chi connectivity index (χ4n) is 2.25. The van der Waals surface area contributed by atoms with Gasteiger partial charge in [0.15, 0.2) is 0 Å². The van der Waals surface area contributed by atoms with Gasteiger partial charge in [-0.1, -0.05) is 42.5 Å². The molecule has 4 heteroatoms. The molecule has 0 unspecified atom stereocenters. The number of hydrogen-bond donors (Lipinski definition) is 1. The largest absolute Gasteiger partial charge is 0.355 e. The Morgan fingerprint density at radius 3 is 2.41 bits per heavy atom. The van der Waals surface area contributed by atoms with Crippen molar-refractivity contribution in [2.45, 2.75) is 13.0 Å². The van der Waals surface area contributed by atoms with Crippen LogP contribution in [0.15, 0.2) is 54.6 Å². The molecule has 2 rings (SSSR count). The van der Waals surface area contributed by atoms with Gasteiger partial charge in [-0.25, -0.2) is 4.39 Å². The first kappa shape index (κ1) is 16.2. The molecular weight excluding hydrogens is 279 g/mol. The SMILES string of the molecule is CN(CC(=O)NCCc1ccccc1)Cc1ccc(F)cc1. The van der Waals surface area contributed by atoms with Gasteiger partial charge < -0.3 is 5.32 Å². The third-order valence-corrected chi connectivity index (χ3v) is 3.36. The van der Waals surface area contributed by atoms with Crippen molar-refractivity contribution in [3.8, 4) is 0 Å². The first-order valence-corrected chi connectivity index (χ1v) is 7.37. The summed E-state index contributed by atoms with van der Waals surface area (Å²) in [6, 6.07) is 16.4. The molecule has 0 aromatic heterocycles. The summed E-state index contributed by atoms with van der Waals surface area (Å²) >= 11 is 0. The van der Waals surface area contributed by atoms with Crippen LogP contribution >= 0.6 is 0 Å². The van der Waals surface area contributed by atoms with Crippen LogP contribution in [0.3, 0.4) is 0 Å². The highest BCUT2D eigenvalue weighted by Gasteiger charge is 2.07. The molecule has 3 nitrogen and oxygen atoms in total. The first-order valence-electron chi connectivity index (χ1n) is 7.37. The van der Waals surface area contributed by atoms with Crippen LogP contribution in [0.5, 0.6) is 0 Å². The fourth-order valence-corrected chi connectivity index (χ4v) is 2.25. The van der Waals surface area contributed by atoms with Crippen molar-refractivity contribution >= 4 is 5.91 Å². The highest BCUT2D eigenvalue weighted by atomic mass is 19.1. The summed E-state index contributed by atoms with van der Waals surface area (Å²) in [6.45, 7) is 1.58. The molecule has 1 N–H and O–H groups in total. The van der Waals surface area contributed by atoms with Crippen molar-refractivity contribution in [1.29, 1.82) is 0 Å². The molecule has 0 spiro atoms. The summed E-state index contributed by atoms with van der Waals surface area (Å²) in [4.78, 5) is 13.8. The zero-order chi connectivity index (χ0) is 15.8. The highest BCUT2D eigenvalue weighted by Crippen LogP contribution is 2.05. The van der Waals surface area contributed by atoms with Gasteiger partial charge in [0.05, 0.1) is 6.54 Å². The average molecular weight is 300 g/mol. The van der Waals surface area contributed by atoms with Gasteiger partial charge in [0.1, 0.15) is 5.82 Å². The second-order valence-corrected chi connectivity index (χ2v) is 5.38. The van der Waals surface area contributed by atoms with Crippen LogP contribution in [-0.4, -0.2) is 30.9 Å². The molecule has 2 aromatic carbocycles. The Hall–Kier alpha value is -2.20. The van der Waals surface area contributed by atoms with E-state index in [-0.39, 0.29) is 11.7 Å². The summed E-state index contributed by atoms with van der Waals surface area (Å²) in [6.07, 6.45) is 0.828. The number of likely N-dealkylation sites (N-methyl/N-ethyl adjacent to an activating group) is 1. The zero-order valence-corrected chi connectivity index (χ0v) is 12.8. The van der Waals surface area contributed by atoms with Crippen LogP contribution in [-0.2, 0) is 17.8 Å². The molecule has 22 heavy (non-hydrogen) atoms. The molecule has 0 heterocycles. The Balaban J connectivity index is 1.68. The minimum atomic E-state index is -0.245. The van der Waals surface area contributed by atoms with E-state index < -0.39 is 0 Å². The second kappa shape index (κ2) is 8.29. The minimum absolute atomic E-state index is 0.000503. The molecule has 2 aromatic rings. The van der Waals surface area contributed by atoms with E-state index >= 15 is 0 Å². The number of halogens is 1. The number of nitrogens with zero attached hydrogens (tertiary/aromatic N) is 1. The lowest BCUT2D eigenvalue weighted by atomic mass is 10.1. The van der Waals surface area contributed by atoms with Crippen LogP contribution in [0.4, 0.5) is 4.39 Å². The predicted octanol–water partition coefficient (Wildman–Crippen LogP) is 2.62.